The van der Waals surface area contributed by atoms with Crippen LogP contribution in [0.25, 0.3) is 10.6 Å². The molecule has 1 aliphatic heterocycles. The van der Waals surface area contributed by atoms with Crippen LogP contribution in [0, 0.1) is 12.8 Å². The summed E-state index contributed by atoms with van der Waals surface area (Å²) in [7, 11) is 0. The molecule has 0 bridgehead atoms. The van der Waals surface area contributed by atoms with Crippen molar-refractivity contribution in [1.82, 2.24) is 4.98 Å². The molecule has 0 saturated carbocycles. The number of nitrogens with zero attached hydrogens (tertiary/aromatic N) is 1. The minimum Gasteiger partial charge on any atom is -0.488 e. The van der Waals surface area contributed by atoms with Crippen molar-refractivity contribution in [1.29, 1.82) is 0 Å². The number of carboxylic acids is 1. The van der Waals surface area contributed by atoms with Crippen LogP contribution in [-0.2, 0) is 33.5 Å². The number of aliphatic carboxylic acids is 1. The third kappa shape index (κ3) is 6.01. The van der Waals surface area contributed by atoms with E-state index in [9.17, 15) is 18.0 Å². The number of hydrogen-bond donors (Lipinski definition) is 1. The maximum absolute atomic E-state index is 12.8. The Bertz CT molecular complexity index is 1170. The number of ether oxygens (including phenoxy) is 3. The molecule has 0 unspecified atom stereocenters. The maximum Gasteiger partial charge on any atom is 0.416 e. The van der Waals surface area contributed by atoms with Gasteiger partial charge in [0.25, 0.3) is 5.79 Å². The average Bonchev–Trinajstić information content (AvgIpc) is 3.20. The van der Waals surface area contributed by atoms with Crippen molar-refractivity contribution >= 4 is 17.3 Å². The Hall–Kier alpha value is -2.95. The highest BCUT2D eigenvalue weighted by molar-refractivity contribution is 7.15. The van der Waals surface area contributed by atoms with Crippen LogP contribution in [0.5, 0.6) is 5.75 Å². The first-order chi connectivity index (χ1) is 16.5. The van der Waals surface area contributed by atoms with Crippen molar-refractivity contribution in [3.63, 3.8) is 0 Å². The first kappa shape index (κ1) is 25.2. The molecule has 10 heteroatoms. The van der Waals surface area contributed by atoms with Crippen molar-refractivity contribution in [3.8, 4) is 16.3 Å². The van der Waals surface area contributed by atoms with Gasteiger partial charge < -0.3 is 19.3 Å². The van der Waals surface area contributed by atoms with Crippen LogP contribution in [0.1, 0.15) is 28.6 Å². The fourth-order valence-electron chi connectivity index (χ4n) is 3.58. The quantitative estimate of drug-likeness (QED) is 0.441. The van der Waals surface area contributed by atoms with Gasteiger partial charge in [0.05, 0.1) is 29.3 Å². The van der Waals surface area contributed by atoms with Crippen molar-refractivity contribution in [2.45, 2.75) is 38.8 Å². The van der Waals surface area contributed by atoms with Crippen molar-refractivity contribution in [2.24, 2.45) is 5.92 Å². The Balaban J connectivity index is 1.32. The third-order valence-electron chi connectivity index (χ3n) is 5.75. The van der Waals surface area contributed by atoms with E-state index in [1.165, 1.54) is 30.4 Å². The number of hydrogen-bond acceptors (Lipinski definition) is 6. The second-order valence-corrected chi connectivity index (χ2v) is 9.56. The average molecular weight is 508 g/mol. The Kier molecular flexibility index (Phi) is 7.16. The molecule has 4 rings (SSSR count). The zero-order chi connectivity index (χ0) is 25.2. The van der Waals surface area contributed by atoms with Crippen molar-refractivity contribution in [3.05, 3.63) is 70.2 Å². The molecule has 1 fully saturated rings. The Morgan fingerprint density at radius 1 is 1.14 bits per heavy atom. The predicted molar refractivity (Wildman–Crippen MR) is 123 cm³/mol. The van der Waals surface area contributed by atoms with Gasteiger partial charge in [-0.1, -0.05) is 24.3 Å². The van der Waals surface area contributed by atoms with Crippen LogP contribution in [0.4, 0.5) is 13.2 Å². The normalized spacial score (nSPS) is 20.5. The number of aromatic nitrogens is 1. The van der Waals surface area contributed by atoms with Gasteiger partial charge in [-0.2, -0.15) is 13.2 Å². The van der Waals surface area contributed by atoms with E-state index in [1.54, 1.807) is 0 Å². The summed E-state index contributed by atoms with van der Waals surface area (Å²) in [6.45, 7) is 4.13. The van der Waals surface area contributed by atoms with E-state index in [0.29, 0.717) is 42.6 Å². The number of alkyl halides is 3. The summed E-state index contributed by atoms with van der Waals surface area (Å²) in [5.74, 6) is -2.00. The first-order valence-corrected chi connectivity index (χ1v) is 11.7. The van der Waals surface area contributed by atoms with Gasteiger partial charge in [0.1, 0.15) is 17.4 Å². The largest absolute Gasteiger partial charge is 0.488 e. The number of thiazole rings is 1. The summed E-state index contributed by atoms with van der Waals surface area (Å²) >= 11 is 1.39. The molecule has 6 nitrogen and oxygen atoms in total. The lowest BCUT2D eigenvalue weighted by Crippen LogP contribution is -2.48. The molecule has 0 radical (unpaired) electrons. The number of carboxylic acid groups (broad SMARTS) is 1. The lowest BCUT2D eigenvalue weighted by atomic mass is 9.99. The van der Waals surface area contributed by atoms with Gasteiger partial charge >= 0.3 is 12.1 Å². The molecule has 3 aromatic rings. The molecule has 0 amide bonds. The summed E-state index contributed by atoms with van der Waals surface area (Å²) in [6.07, 6.45) is -3.69. The Labute approximate surface area is 204 Å². The monoisotopic (exact) mass is 507 g/mol. The lowest BCUT2D eigenvalue weighted by molar-refractivity contribution is -0.270. The number of aryl methyl sites for hydroxylation is 1. The Morgan fingerprint density at radius 2 is 1.77 bits per heavy atom. The van der Waals surface area contributed by atoms with E-state index in [-0.39, 0.29) is 5.92 Å². The highest BCUT2D eigenvalue weighted by atomic mass is 32.1. The van der Waals surface area contributed by atoms with E-state index in [1.807, 2.05) is 31.2 Å². The van der Waals surface area contributed by atoms with Crippen molar-refractivity contribution < 1.29 is 37.3 Å². The topological polar surface area (TPSA) is 77.9 Å². The summed E-state index contributed by atoms with van der Waals surface area (Å²) in [6, 6.07) is 12.5. The third-order valence-corrected chi connectivity index (χ3v) is 6.93. The molecular formula is C25H24F3NO5S. The van der Waals surface area contributed by atoms with Crippen LogP contribution >= 0.6 is 11.3 Å². The fourth-order valence-corrected chi connectivity index (χ4v) is 4.56. The second-order valence-electron chi connectivity index (χ2n) is 8.48. The molecule has 0 spiro atoms. The minimum atomic E-state index is -4.37. The number of benzene rings is 2. The van der Waals surface area contributed by atoms with Gasteiger partial charge in [0.2, 0.25) is 0 Å². The zero-order valence-electron chi connectivity index (χ0n) is 19.1. The molecule has 186 valence electrons. The standard InChI is InChI=1S/C25H24F3NO5S/c1-15-21(35-22(29-15)18-5-7-19(8-6-18)25(26,27)28)14-32-20-9-3-16(4-10-20)11-17-12-33-24(2,23(30)31)34-13-17/h3-10,17H,11-14H2,1-2H3,(H,30,31)/t17-,24-. The molecule has 1 saturated heterocycles. The molecule has 2 heterocycles. The molecule has 1 N–H and O–H groups in total. The number of halogens is 3. The highest BCUT2D eigenvalue weighted by Crippen LogP contribution is 2.33. The van der Waals surface area contributed by atoms with Crippen LogP contribution in [0.3, 0.4) is 0 Å². The van der Waals surface area contributed by atoms with Crippen molar-refractivity contribution in [2.75, 3.05) is 13.2 Å². The van der Waals surface area contributed by atoms with Crippen LogP contribution in [-0.4, -0.2) is 35.1 Å². The summed E-state index contributed by atoms with van der Waals surface area (Å²) < 4.78 is 55.0. The minimum absolute atomic E-state index is 0.0534. The van der Waals surface area contributed by atoms with Gasteiger partial charge in [-0.15, -0.1) is 11.3 Å². The van der Waals surface area contributed by atoms with E-state index < -0.39 is 23.5 Å². The molecule has 0 aliphatic carbocycles. The smallest absolute Gasteiger partial charge is 0.416 e. The van der Waals surface area contributed by atoms with E-state index >= 15 is 0 Å². The summed E-state index contributed by atoms with van der Waals surface area (Å²) in [4.78, 5) is 16.6. The highest BCUT2D eigenvalue weighted by Gasteiger charge is 2.40. The van der Waals surface area contributed by atoms with Gasteiger partial charge in [-0.3, -0.25) is 0 Å². The van der Waals surface area contributed by atoms with Gasteiger partial charge in [-0.25, -0.2) is 9.78 Å². The second kappa shape index (κ2) is 9.96. The van der Waals surface area contributed by atoms with Gasteiger partial charge in [0.15, 0.2) is 0 Å². The summed E-state index contributed by atoms with van der Waals surface area (Å²) in [5.41, 5.74) is 1.75. The van der Waals surface area contributed by atoms with Crippen LogP contribution in [0.15, 0.2) is 48.5 Å². The molecule has 1 aliphatic rings. The SMILES string of the molecule is Cc1nc(-c2ccc(C(F)(F)F)cc2)sc1COc1ccc(C[C@H]2CO[C@](C)(C(=O)O)OC2)cc1. The van der Waals surface area contributed by atoms with E-state index in [2.05, 4.69) is 4.98 Å². The first-order valence-electron chi connectivity index (χ1n) is 10.9. The number of rotatable bonds is 7. The van der Waals surface area contributed by atoms with Gasteiger partial charge in [0, 0.05) is 18.4 Å². The Morgan fingerprint density at radius 3 is 2.34 bits per heavy atom. The van der Waals surface area contributed by atoms with Crippen LogP contribution < -0.4 is 4.74 Å². The molecule has 2 aromatic carbocycles. The molecule has 35 heavy (non-hydrogen) atoms. The molecule has 1 aromatic heterocycles. The predicted octanol–water partition coefficient (Wildman–Crippen LogP) is 5.72. The summed E-state index contributed by atoms with van der Waals surface area (Å²) in [5, 5.41) is 9.79. The van der Waals surface area contributed by atoms with E-state index in [4.69, 9.17) is 19.3 Å². The van der Waals surface area contributed by atoms with Gasteiger partial charge in [-0.05, 0) is 43.2 Å². The lowest BCUT2D eigenvalue weighted by Gasteiger charge is -2.34. The molecular weight excluding hydrogens is 483 g/mol. The number of carbonyl (C=O) groups is 1. The van der Waals surface area contributed by atoms with E-state index in [0.717, 1.165) is 28.3 Å². The molecule has 0 atom stereocenters. The zero-order valence-corrected chi connectivity index (χ0v) is 19.9. The fraction of sp³-hybridized carbons (Fsp3) is 0.360. The van der Waals surface area contributed by atoms with Crippen LogP contribution in [0.2, 0.25) is 0 Å². The maximum atomic E-state index is 12.8.